The lowest BCUT2D eigenvalue weighted by atomic mass is 9.85. The first kappa shape index (κ1) is 9.86. The molecule has 1 atom stereocenters. The van der Waals surface area contributed by atoms with E-state index in [0.717, 1.165) is 0 Å². The molecule has 1 aromatic heterocycles. The van der Waals surface area contributed by atoms with Gasteiger partial charge in [-0.15, -0.1) is 11.3 Å². The summed E-state index contributed by atoms with van der Waals surface area (Å²) >= 11 is 1.93. The van der Waals surface area contributed by atoms with Gasteiger partial charge in [0.1, 0.15) is 0 Å². The predicted molar refractivity (Wildman–Crippen MR) is 63.6 cm³/mol. The Morgan fingerprint density at radius 1 is 1.33 bits per heavy atom. The van der Waals surface area contributed by atoms with Gasteiger partial charge in [-0.3, -0.25) is 0 Å². The van der Waals surface area contributed by atoms with Crippen molar-refractivity contribution in [3.05, 3.63) is 21.4 Å². The normalized spacial score (nSPS) is 24.7. The Morgan fingerprint density at radius 3 is 2.73 bits per heavy atom. The molecular formula is C13H18OS. The lowest BCUT2D eigenvalue weighted by Crippen LogP contribution is -2.23. The van der Waals surface area contributed by atoms with Crippen molar-refractivity contribution in [1.82, 2.24) is 0 Å². The third-order valence-corrected chi connectivity index (χ3v) is 5.27. The second-order valence-corrected chi connectivity index (χ2v) is 6.05. The molecule has 2 heteroatoms. The average Bonchev–Trinajstić information content (AvgIpc) is 2.93. The number of aryl methyl sites for hydroxylation is 1. The van der Waals surface area contributed by atoms with Gasteiger partial charge < -0.3 is 5.11 Å². The third-order valence-electron chi connectivity index (χ3n) is 4.19. The van der Waals surface area contributed by atoms with E-state index in [4.69, 9.17) is 0 Å². The molecule has 1 nitrogen and oxygen atoms in total. The topological polar surface area (TPSA) is 20.2 Å². The van der Waals surface area contributed by atoms with E-state index in [0.29, 0.717) is 0 Å². The number of aliphatic hydroxyl groups is 1. The monoisotopic (exact) mass is 222 g/mol. The van der Waals surface area contributed by atoms with Gasteiger partial charge in [-0.25, -0.2) is 0 Å². The second kappa shape index (κ2) is 3.33. The van der Waals surface area contributed by atoms with Crippen molar-refractivity contribution in [2.24, 2.45) is 0 Å². The zero-order valence-electron chi connectivity index (χ0n) is 9.25. The smallest absolute Gasteiger partial charge is 0.0609 e. The van der Waals surface area contributed by atoms with Crippen LogP contribution in [0.25, 0.3) is 0 Å². The average molecular weight is 222 g/mol. The Kier molecular flexibility index (Phi) is 2.18. The Labute approximate surface area is 95.1 Å². The molecule has 82 valence electrons. The molecule has 0 aliphatic heterocycles. The van der Waals surface area contributed by atoms with Crippen LogP contribution < -0.4 is 0 Å². The minimum atomic E-state index is -0.168. The minimum absolute atomic E-state index is 0.154. The van der Waals surface area contributed by atoms with Gasteiger partial charge in [-0.2, -0.15) is 0 Å². The van der Waals surface area contributed by atoms with Crippen LogP contribution in [0.5, 0.6) is 0 Å². The molecule has 0 amide bonds. The predicted octanol–water partition coefficient (Wildman–Crippen LogP) is 3.04. The number of hydrogen-bond acceptors (Lipinski definition) is 2. The molecule has 1 N–H and O–H groups in total. The molecule has 0 bridgehead atoms. The summed E-state index contributed by atoms with van der Waals surface area (Å²) in [6.07, 6.45) is 7.43. The van der Waals surface area contributed by atoms with E-state index >= 15 is 0 Å². The van der Waals surface area contributed by atoms with E-state index in [-0.39, 0.29) is 11.5 Å². The number of hydrogen-bond donors (Lipinski definition) is 1. The highest BCUT2D eigenvalue weighted by Gasteiger charge is 2.50. The standard InChI is InChI=1S/C13H18OS/c1-9(14)13(6-7-13)11-8-15-12-5-3-2-4-10(11)12/h8-9,14H,2-7H2,1H3. The Hall–Kier alpha value is -0.340. The Morgan fingerprint density at radius 2 is 2.07 bits per heavy atom. The largest absolute Gasteiger partial charge is 0.392 e. The van der Waals surface area contributed by atoms with Crippen LogP contribution in [0.2, 0.25) is 0 Å². The molecule has 1 fully saturated rings. The van der Waals surface area contributed by atoms with Gasteiger partial charge in [0.15, 0.2) is 0 Å². The number of aliphatic hydroxyl groups excluding tert-OH is 1. The fraction of sp³-hybridized carbons (Fsp3) is 0.692. The quantitative estimate of drug-likeness (QED) is 0.815. The summed E-state index contributed by atoms with van der Waals surface area (Å²) in [5.41, 5.74) is 3.25. The number of thiophene rings is 1. The summed E-state index contributed by atoms with van der Waals surface area (Å²) in [6.45, 7) is 1.96. The van der Waals surface area contributed by atoms with Crippen molar-refractivity contribution in [2.45, 2.75) is 57.0 Å². The van der Waals surface area contributed by atoms with Crippen LogP contribution in [0.4, 0.5) is 0 Å². The fourth-order valence-electron chi connectivity index (χ4n) is 2.96. The lowest BCUT2D eigenvalue weighted by Gasteiger charge is -2.21. The van der Waals surface area contributed by atoms with E-state index in [1.165, 1.54) is 44.1 Å². The first-order valence-electron chi connectivity index (χ1n) is 6.02. The summed E-state index contributed by atoms with van der Waals surface area (Å²) in [5, 5.41) is 12.2. The first-order valence-corrected chi connectivity index (χ1v) is 6.90. The van der Waals surface area contributed by atoms with Gasteiger partial charge in [0, 0.05) is 10.3 Å². The van der Waals surface area contributed by atoms with Gasteiger partial charge in [0.25, 0.3) is 0 Å². The maximum absolute atomic E-state index is 9.92. The van der Waals surface area contributed by atoms with Gasteiger partial charge in [-0.05, 0) is 62.0 Å². The van der Waals surface area contributed by atoms with Crippen LogP contribution in [-0.4, -0.2) is 11.2 Å². The number of fused-ring (bicyclic) bond motifs is 1. The van der Waals surface area contributed by atoms with Crippen LogP contribution in [-0.2, 0) is 18.3 Å². The summed E-state index contributed by atoms with van der Waals surface area (Å²) in [7, 11) is 0. The minimum Gasteiger partial charge on any atom is -0.392 e. The van der Waals surface area contributed by atoms with E-state index < -0.39 is 0 Å². The second-order valence-electron chi connectivity index (χ2n) is 5.09. The molecule has 0 spiro atoms. The zero-order chi connectivity index (χ0) is 10.5. The Bertz CT molecular complexity index is 374. The zero-order valence-corrected chi connectivity index (χ0v) is 10.1. The third kappa shape index (κ3) is 1.38. The highest BCUT2D eigenvalue weighted by atomic mass is 32.1. The van der Waals surface area contributed by atoms with E-state index in [9.17, 15) is 5.11 Å². The van der Waals surface area contributed by atoms with Crippen molar-refractivity contribution in [2.75, 3.05) is 0 Å². The fourth-order valence-corrected chi connectivity index (χ4v) is 4.21. The van der Waals surface area contributed by atoms with Crippen LogP contribution >= 0.6 is 11.3 Å². The van der Waals surface area contributed by atoms with Crippen LogP contribution in [0, 0.1) is 0 Å². The van der Waals surface area contributed by atoms with Crippen LogP contribution in [0.15, 0.2) is 5.38 Å². The Balaban J connectivity index is 2.02. The molecule has 15 heavy (non-hydrogen) atoms. The summed E-state index contributed by atoms with van der Waals surface area (Å²) in [5.74, 6) is 0. The highest BCUT2D eigenvalue weighted by molar-refractivity contribution is 7.10. The molecule has 0 radical (unpaired) electrons. The van der Waals surface area contributed by atoms with Crippen molar-refractivity contribution < 1.29 is 5.11 Å². The van der Waals surface area contributed by atoms with Crippen molar-refractivity contribution in [3.8, 4) is 0 Å². The van der Waals surface area contributed by atoms with Gasteiger partial charge in [0.2, 0.25) is 0 Å². The summed E-state index contributed by atoms with van der Waals surface area (Å²) in [6, 6.07) is 0. The maximum atomic E-state index is 9.92. The summed E-state index contributed by atoms with van der Waals surface area (Å²) < 4.78 is 0. The number of rotatable bonds is 2. The van der Waals surface area contributed by atoms with Gasteiger partial charge in [0.05, 0.1) is 6.10 Å². The summed E-state index contributed by atoms with van der Waals surface area (Å²) in [4.78, 5) is 1.60. The van der Waals surface area contributed by atoms with Crippen molar-refractivity contribution in [1.29, 1.82) is 0 Å². The molecule has 2 aliphatic rings. The molecule has 1 heterocycles. The first-order chi connectivity index (χ1) is 7.24. The van der Waals surface area contributed by atoms with E-state index in [1.807, 2.05) is 18.3 Å². The van der Waals surface area contributed by atoms with Crippen molar-refractivity contribution >= 4 is 11.3 Å². The van der Waals surface area contributed by atoms with Gasteiger partial charge in [-0.1, -0.05) is 0 Å². The lowest BCUT2D eigenvalue weighted by molar-refractivity contribution is 0.150. The molecule has 2 aliphatic carbocycles. The molecule has 0 aromatic carbocycles. The molecule has 3 rings (SSSR count). The van der Waals surface area contributed by atoms with E-state index in [1.54, 1.807) is 10.4 Å². The molecular weight excluding hydrogens is 204 g/mol. The molecule has 0 saturated heterocycles. The molecule has 1 aromatic rings. The maximum Gasteiger partial charge on any atom is 0.0609 e. The molecule has 1 saturated carbocycles. The van der Waals surface area contributed by atoms with E-state index in [2.05, 4.69) is 5.38 Å². The van der Waals surface area contributed by atoms with Gasteiger partial charge >= 0.3 is 0 Å². The van der Waals surface area contributed by atoms with Crippen LogP contribution in [0.3, 0.4) is 0 Å². The SMILES string of the molecule is CC(O)C1(c2csc3c2CCCC3)CC1. The van der Waals surface area contributed by atoms with Crippen molar-refractivity contribution in [3.63, 3.8) is 0 Å². The molecule has 1 unspecified atom stereocenters. The van der Waals surface area contributed by atoms with Crippen LogP contribution in [0.1, 0.15) is 48.6 Å². The highest BCUT2D eigenvalue weighted by Crippen LogP contribution is 2.54.